The molecule has 2 atom stereocenters. The molecule has 3 fully saturated rings. The highest BCUT2D eigenvalue weighted by Crippen LogP contribution is 2.30. The van der Waals surface area contributed by atoms with Gasteiger partial charge in [0.15, 0.2) is 0 Å². The van der Waals surface area contributed by atoms with Gasteiger partial charge < -0.3 is 10.2 Å². The number of nitrogens with zero attached hydrogens (tertiary/aromatic N) is 2. The van der Waals surface area contributed by atoms with Crippen molar-refractivity contribution >= 4 is 0 Å². The molecular formula is C15H29N3. The van der Waals surface area contributed by atoms with Crippen LogP contribution in [0.1, 0.15) is 38.5 Å². The maximum absolute atomic E-state index is 3.48. The molecule has 0 radical (unpaired) electrons. The van der Waals surface area contributed by atoms with Crippen molar-refractivity contribution in [2.24, 2.45) is 5.92 Å². The monoisotopic (exact) mass is 251 g/mol. The number of hydrogen-bond donors (Lipinski definition) is 1. The summed E-state index contributed by atoms with van der Waals surface area (Å²) in [6, 6.07) is 1.73. The molecule has 3 heterocycles. The Labute approximate surface area is 112 Å². The minimum Gasteiger partial charge on any atom is -0.317 e. The van der Waals surface area contributed by atoms with Gasteiger partial charge >= 0.3 is 0 Å². The van der Waals surface area contributed by atoms with E-state index in [2.05, 4.69) is 22.2 Å². The molecular weight excluding hydrogens is 222 g/mol. The SMILES string of the molecule is CN(CC1CCNCC1)C1CCN2CCCCC12. The van der Waals surface area contributed by atoms with Crippen molar-refractivity contribution in [1.82, 2.24) is 15.1 Å². The summed E-state index contributed by atoms with van der Waals surface area (Å²) in [5.41, 5.74) is 0. The molecule has 0 aromatic rings. The zero-order valence-electron chi connectivity index (χ0n) is 11.9. The molecule has 0 aliphatic carbocycles. The van der Waals surface area contributed by atoms with Crippen LogP contribution in [0.4, 0.5) is 0 Å². The predicted octanol–water partition coefficient (Wildman–Crippen LogP) is 1.54. The summed E-state index contributed by atoms with van der Waals surface area (Å²) >= 11 is 0. The lowest BCUT2D eigenvalue weighted by atomic mass is 9.94. The molecule has 3 aliphatic rings. The molecule has 104 valence electrons. The molecule has 1 N–H and O–H groups in total. The maximum Gasteiger partial charge on any atom is 0.0260 e. The summed E-state index contributed by atoms with van der Waals surface area (Å²) in [7, 11) is 2.38. The van der Waals surface area contributed by atoms with Crippen LogP contribution < -0.4 is 5.32 Å². The fraction of sp³-hybridized carbons (Fsp3) is 1.00. The molecule has 0 amide bonds. The number of fused-ring (bicyclic) bond motifs is 1. The minimum atomic E-state index is 0.847. The molecule has 0 bridgehead atoms. The van der Waals surface area contributed by atoms with Crippen LogP contribution in [0.2, 0.25) is 0 Å². The summed E-state index contributed by atoms with van der Waals surface area (Å²) in [6.07, 6.45) is 8.50. The van der Waals surface area contributed by atoms with Crippen LogP contribution >= 0.6 is 0 Å². The lowest BCUT2D eigenvalue weighted by Crippen LogP contribution is -2.47. The molecule has 0 aromatic heterocycles. The van der Waals surface area contributed by atoms with Crippen molar-refractivity contribution in [3.63, 3.8) is 0 Å². The van der Waals surface area contributed by atoms with E-state index in [9.17, 15) is 0 Å². The van der Waals surface area contributed by atoms with E-state index < -0.39 is 0 Å². The van der Waals surface area contributed by atoms with Gasteiger partial charge in [0.05, 0.1) is 0 Å². The third-order valence-electron chi connectivity index (χ3n) is 5.39. The lowest BCUT2D eigenvalue weighted by molar-refractivity contribution is 0.115. The summed E-state index contributed by atoms with van der Waals surface area (Å²) in [4.78, 5) is 5.46. The molecule has 3 rings (SSSR count). The Morgan fingerprint density at radius 2 is 1.89 bits per heavy atom. The molecule has 0 aromatic carbocycles. The van der Waals surface area contributed by atoms with E-state index in [0.717, 1.165) is 18.0 Å². The van der Waals surface area contributed by atoms with Crippen molar-refractivity contribution in [1.29, 1.82) is 0 Å². The molecule has 0 saturated carbocycles. The average Bonchev–Trinajstić information content (AvgIpc) is 2.84. The molecule has 3 nitrogen and oxygen atoms in total. The van der Waals surface area contributed by atoms with Gasteiger partial charge in [0.2, 0.25) is 0 Å². The van der Waals surface area contributed by atoms with Gasteiger partial charge in [-0.15, -0.1) is 0 Å². The highest BCUT2D eigenvalue weighted by Gasteiger charge is 2.37. The van der Waals surface area contributed by atoms with Crippen LogP contribution in [0.15, 0.2) is 0 Å². The average molecular weight is 251 g/mol. The van der Waals surface area contributed by atoms with Gasteiger partial charge in [-0.05, 0) is 64.7 Å². The fourth-order valence-electron chi connectivity index (χ4n) is 4.34. The Morgan fingerprint density at radius 1 is 1.06 bits per heavy atom. The van der Waals surface area contributed by atoms with Crippen LogP contribution in [-0.2, 0) is 0 Å². The summed E-state index contributed by atoms with van der Waals surface area (Å²) in [6.45, 7) is 6.52. The molecule has 3 aliphatic heterocycles. The van der Waals surface area contributed by atoms with E-state index in [1.54, 1.807) is 0 Å². The van der Waals surface area contributed by atoms with E-state index in [1.165, 1.54) is 71.2 Å². The van der Waals surface area contributed by atoms with Crippen molar-refractivity contribution in [2.45, 2.75) is 50.6 Å². The van der Waals surface area contributed by atoms with E-state index in [0.29, 0.717) is 0 Å². The summed E-state index contributed by atoms with van der Waals surface area (Å²) in [5.74, 6) is 0.939. The highest BCUT2D eigenvalue weighted by atomic mass is 15.3. The zero-order chi connectivity index (χ0) is 12.4. The summed E-state index contributed by atoms with van der Waals surface area (Å²) in [5, 5.41) is 3.48. The second-order valence-corrected chi connectivity index (χ2v) is 6.59. The van der Waals surface area contributed by atoms with Gasteiger partial charge in [-0.1, -0.05) is 6.42 Å². The van der Waals surface area contributed by atoms with E-state index in [4.69, 9.17) is 0 Å². The van der Waals surface area contributed by atoms with Crippen LogP contribution in [0.5, 0.6) is 0 Å². The second kappa shape index (κ2) is 5.89. The summed E-state index contributed by atoms with van der Waals surface area (Å²) < 4.78 is 0. The number of piperidine rings is 2. The van der Waals surface area contributed by atoms with Crippen LogP contribution in [0.25, 0.3) is 0 Å². The van der Waals surface area contributed by atoms with Crippen molar-refractivity contribution in [3.8, 4) is 0 Å². The first-order valence-corrected chi connectivity index (χ1v) is 7.99. The van der Waals surface area contributed by atoms with Gasteiger partial charge in [-0.25, -0.2) is 0 Å². The van der Waals surface area contributed by atoms with Crippen LogP contribution in [-0.4, -0.2) is 61.7 Å². The smallest absolute Gasteiger partial charge is 0.0260 e. The fourth-order valence-corrected chi connectivity index (χ4v) is 4.34. The normalized spacial score (nSPS) is 35.0. The standard InChI is InChI=1S/C15H29N3/c1-17(12-13-5-8-16-9-6-13)14-7-11-18-10-3-2-4-15(14)18/h13-16H,2-12H2,1H3. The maximum atomic E-state index is 3.48. The van der Waals surface area contributed by atoms with Crippen LogP contribution in [0, 0.1) is 5.92 Å². The Hall–Kier alpha value is -0.120. The van der Waals surface area contributed by atoms with E-state index >= 15 is 0 Å². The van der Waals surface area contributed by atoms with Gasteiger partial charge in [-0.3, -0.25) is 4.90 Å². The topological polar surface area (TPSA) is 18.5 Å². The van der Waals surface area contributed by atoms with Gasteiger partial charge in [0, 0.05) is 25.2 Å². The first-order valence-electron chi connectivity index (χ1n) is 7.99. The van der Waals surface area contributed by atoms with Gasteiger partial charge in [-0.2, -0.15) is 0 Å². The molecule has 0 spiro atoms. The number of rotatable bonds is 3. The predicted molar refractivity (Wildman–Crippen MR) is 75.8 cm³/mol. The number of hydrogen-bond acceptors (Lipinski definition) is 3. The Balaban J connectivity index is 1.53. The van der Waals surface area contributed by atoms with Crippen molar-refractivity contribution < 1.29 is 0 Å². The highest BCUT2D eigenvalue weighted by molar-refractivity contribution is 4.95. The number of nitrogens with one attached hydrogen (secondary N) is 1. The van der Waals surface area contributed by atoms with Gasteiger partial charge in [0.25, 0.3) is 0 Å². The largest absolute Gasteiger partial charge is 0.317 e. The van der Waals surface area contributed by atoms with E-state index in [1.807, 2.05) is 0 Å². The molecule has 3 heteroatoms. The Bertz CT molecular complexity index is 262. The first-order chi connectivity index (χ1) is 8.84. The van der Waals surface area contributed by atoms with Crippen LogP contribution in [0.3, 0.4) is 0 Å². The second-order valence-electron chi connectivity index (χ2n) is 6.59. The zero-order valence-corrected chi connectivity index (χ0v) is 11.9. The third-order valence-corrected chi connectivity index (χ3v) is 5.39. The Kier molecular flexibility index (Phi) is 4.22. The first kappa shape index (κ1) is 12.9. The van der Waals surface area contributed by atoms with Crippen molar-refractivity contribution in [3.05, 3.63) is 0 Å². The van der Waals surface area contributed by atoms with E-state index in [-0.39, 0.29) is 0 Å². The van der Waals surface area contributed by atoms with Crippen molar-refractivity contribution in [2.75, 3.05) is 39.8 Å². The minimum absolute atomic E-state index is 0.847. The molecule has 2 unspecified atom stereocenters. The quantitative estimate of drug-likeness (QED) is 0.821. The Morgan fingerprint density at radius 3 is 2.72 bits per heavy atom. The molecule has 3 saturated heterocycles. The third kappa shape index (κ3) is 2.73. The molecule has 18 heavy (non-hydrogen) atoms. The number of likely N-dealkylation sites (N-methyl/N-ethyl adjacent to an activating group) is 1. The lowest BCUT2D eigenvalue weighted by Gasteiger charge is -2.38. The van der Waals surface area contributed by atoms with Gasteiger partial charge in [0.1, 0.15) is 0 Å².